The molecule has 0 unspecified atom stereocenters. The molecule has 2 N–H and O–H groups in total. The molecule has 1 aromatic carbocycles. The molecule has 1 aliphatic rings. The zero-order chi connectivity index (χ0) is 18.1. The molecule has 1 saturated carbocycles. The van der Waals surface area contributed by atoms with E-state index in [9.17, 15) is 8.42 Å². The highest BCUT2D eigenvalue weighted by Gasteiger charge is 2.21. The summed E-state index contributed by atoms with van der Waals surface area (Å²) in [5, 5.41) is 9.83. The molecule has 136 valence electrons. The predicted molar refractivity (Wildman–Crippen MR) is 96.1 cm³/mol. The Bertz CT molecular complexity index is 986. The zero-order valence-electron chi connectivity index (χ0n) is 14.2. The number of furan rings is 1. The van der Waals surface area contributed by atoms with E-state index in [1.807, 2.05) is 6.07 Å². The molecule has 0 atom stereocenters. The first kappa shape index (κ1) is 17.0. The molecule has 3 aromatic rings. The van der Waals surface area contributed by atoms with Gasteiger partial charge in [0.15, 0.2) is 17.4 Å². The highest BCUT2D eigenvalue weighted by atomic mass is 32.2. The lowest BCUT2D eigenvalue weighted by molar-refractivity contribution is 0.529. The third kappa shape index (κ3) is 3.42. The maximum Gasteiger partial charge on any atom is 0.238 e. The van der Waals surface area contributed by atoms with Crippen molar-refractivity contribution in [2.75, 3.05) is 0 Å². The van der Waals surface area contributed by atoms with Crippen molar-refractivity contribution >= 4 is 10.0 Å². The van der Waals surface area contributed by atoms with Crippen molar-refractivity contribution in [2.24, 2.45) is 11.1 Å². The summed E-state index contributed by atoms with van der Waals surface area (Å²) in [4.78, 5) is 4.74. The van der Waals surface area contributed by atoms with Gasteiger partial charge in [-0.15, -0.1) is 0 Å². The fourth-order valence-electron chi connectivity index (χ4n) is 3.44. The molecule has 4 rings (SSSR count). The fraction of sp³-hybridized carbons (Fsp3) is 0.333. The van der Waals surface area contributed by atoms with E-state index in [4.69, 9.17) is 9.56 Å². The Balaban J connectivity index is 1.72. The van der Waals surface area contributed by atoms with Crippen LogP contribution in [0.2, 0.25) is 0 Å². The standard InChI is InChI=1S/C18H20N4O3S/c19-26(23,24)15-9-7-14(8-10-15)22-18(16-6-3-11-25-16)20-17(21-22)12-13-4-1-2-5-13/h3,6-11,13H,1-2,4-5,12H2,(H2,19,23,24). The van der Waals surface area contributed by atoms with E-state index in [2.05, 4.69) is 10.1 Å². The first-order valence-electron chi connectivity index (χ1n) is 8.64. The molecular formula is C18H20N4O3S. The predicted octanol–water partition coefficient (Wildman–Crippen LogP) is 2.91. The molecule has 2 heterocycles. The Labute approximate surface area is 151 Å². The maximum absolute atomic E-state index is 11.5. The first-order valence-corrected chi connectivity index (χ1v) is 10.2. The molecule has 0 saturated heterocycles. The van der Waals surface area contributed by atoms with E-state index in [1.54, 1.807) is 29.1 Å². The van der Waals surface area contributed by atoms with E-state index in [1.165, 1.54) is 37.8 Å². The Morgan fingerprint density at radius 1 is 1.15 bits per heavy atom. The van der Waals surface area contributed by atoms with Crippen LogP contribution in [0.4, 0.5) is 0 Å². The van der Waals surface area contributed by atoms with E-state index in [-0.39, 0.29) is 4.90 Å². The first-order chi connectivity index (χ1) is 12.5. The normalized spacial score (nSPS) is 15.6. The third-order valence-corrected chi connectivity index (χ3v) is 5.68. The number of sulfonamides is 1. The van der Waals surface area contributed by atoms with Gasteiger partial charge in [0.1, 0.15) is 0 Å². The lowest BCUT2D eigenvalue weighted by atomic mass is 10.0. The molecule has 0 aliphatic heterocycles. The minimum atomic E-state index is -3.73. The molecule has 0 radical (unpaired) electrons. The number of aromatic nitrogens is 3. The van der Waals surface area contributed by atoms with Crippen LogP contribution in [0.25, 0.3) is 17.3 Å². The average Bonchev–Trinajstić information content (AvgIpc) is 3.36. The van der Waals surface area contributed by atoms with Crippen LogP contribution in [-0.2, 0) is 16.4 Å². The van der Waals surface area contributed by atoms with Crippen molar-refractivity contribution in [2.45, 2.75) is 37.0 Å². The largest absolute Gasteiger partial charge is 0.461 e. The third-order valence-electron chi connectivity index (χ3n) is 4.75. The van der Waals surface area contributed by atoms with Gasteiger partial charge >= 0.3 is 0 Å². The Morgan fingerprint density at radius 3 is 2.50 bits per heavy atom. The Morgan fingerprint density at radius 2 is 1.88 bits per heavy atom. The topological polar surface area (TPSA) is 104 Å². The second kappa shape index (κ2) is 6.69. The minimum absolute atomic E-state index is 0.0621. The van der Waals surface area contributed by atoms with Gasteiger partial charge in [-0.3, -0.25) is 0 Å². The summed E-state index contributed by atoms with van der Waals surface area (Å²) in [7, 11) is -3.73. The average molecular weight is 372 g/mol. The smallest absolute Gasteiger partial charge is 0.238 e. The summed E-state index contributed by atoms with van der Waals surface area (Å²) in [5.41, 5.74) is 0.703. The van der Waals surface area contributed by atoms with Gasteiger partial charge in [-0.1, -0.05) is 25.7 Å². The van der Waals surface area contributed by atoms with Crippen LogP contribution in [0.15, 0.2) is 52.0 Å². The van der Waals surface area contributed by atoms with Gasteiger partial charge in [-0.05, 0) is 42.3 Å². The molecule has 0 bridgehead atoms. The van der Waals surface area contributed by atoms with Gasteiger partial charge in [0.2, 0.25) is 10.0 Å². The summed E-state index contributed by atoms with van der Waals surface area (Å²) < 4.78 is 30.1. The molecule has 1 aliphatic carbocycles. The van der Waals surface area contributed by atoms with Crippen molar-refractivity contribution in [3.63, 3.8) is 0 Å². The summed E-state index contributed by atoms with van der Waals surface area (Å²) in [6.45, 7) is 0. The van der Waals surface area contributed by atoms with Crippen LogP contribution in [0.3, 0.4) is 0 Å². The Kier molecular flexibility index (Phi) is 4.37. The number of nitrogens with two attached hydrogens (primary N) is 1. The van der Waals surface area contributed by atoms with E-state index in [0.717, 1.165) is 12.2 Å². The summed E-state index contributed by atoms with van der Waals surface area (Å²) in [5.74, 6) is 2.62. The quantitative estimate of drug-likeness (QED) is 0.741. The molecular weight excluding hydrogens is 352 g/mol. The number of hydrogen-bond acceptors (Lipinski definition) is 5. The molecule has 7 nitrogen and oxygen atoms in total. The summed E-state index contributed by atoms with van der Waals surface area (Å²) in [6, 6.07) is 9.90. The van der Waals surface area contributed by atoms with Gasteiger partial charge < -0.3 is 4.42 Å². The van der Waals surface area contributed by atoms with Crippen LogP contribution in [-0.4, -0.2) is 23.2 Å². The van der Waals surface area contributed by atoms with Gasteiger partial charge in [0.25, 0.3) is 0 Å². The second-order valence-electron chi connectivity index (χ2n) is 6.63. The van der Waals surface area contributed by atoms with Crippen molar-refractivity contribution in [1.29, 1.82) is 0 Å². The van der Waals surface area contributed by atoms with Crippen molar-refractivity contribution < 1.29 is 12.8 Å². The van der Waals surface area contributed by atoms with Crippen LogP contribution in [0.1, 0.15) is 31.5 Å². The van der Waals surface area contributed by atoms with Crippen LogP contribution >= 0.6 is 0 Å². The maximum atomic E-state index is 11.5. The molecule has 8 heteroatoms. The molecule has 2 aromatic heterocycles. The Hall–Kier alpha value is -2.45. The van der Waals surface area contributed by atoms with Gasteiger partial charge in [-0.25, -0.2) is 23.2 Å². The lowest BCUT2D eigenvalue weighted by Crippen LogP contribution is -2.12. The van der Waals surface area contributed by atoms with Crippen LogP contribution in [0.5, 0.6) is 0 Å². The van der Waals surface area contributed by atoms with E-state index < -0.39 is 10.0 Å². The number of rotatable bonds is 5. The molecule has 1 fully saturated rings. The highest BCUT2D eigenvalue weighted by molar-refractivity contribution is 7.89. The van der Waals surface area contributed by atoms with Crippen LogP contribution in [0, 0.1) is 5.92 Å². The van der Waals surface area contributed by atoms with Crippen molar-refractivity contribution in [1.82, 2.24) is 14.8 Å². The van der Waals surface area contributed by atoms with Gasteiger partial charge in [0.05, 0.1) is 16.8 Å². The zero-order valence-corrected chi connectivity index (χ0v) is 15.0. The minimum Gasteiger partial charge on any atom is -0.461 e. The van der Waals surface area contributed by atoms with Crippen molar-refractivity contribution in [3.8, 4) is 17.3 Å². The van der Waals surface area contributed by atoms with Gasteiger partial charge in [-0.2, -0.15) is 5.10 Å². The van der Waals surface area contributed by atoms with E-state index >= 15 is 0 Å². The van der Waals surface area contributed by atoms with E-state index in [0.29, 0.717) is 23.2 Å². The number of primary sulfonamides is 1. The molecule has 0 amide bonds. The monoisotopic (exact) mass is 372 g/mol. The highest BCUT2D eigenvalue weighted by Crippen LogP contribution is 2.29. The fourth-order valence-corrected chi connectivity index (χ4v) is 3.95. The summed E-state index contributed by atoms with van der Waals surface area (Å²) >= 11 is 0. The summed E-state index contributed by atoms with van der Waals surface area (Å²) in [6.07, 6.45) is 7.41. The van der Waals surface area contributed by atoms with Crippen LogP contribution < -0.4 is 5.14 Å². The van der Waals surface area contributed by atoms with Crippen molar-refractivity contribution in [3.05, 3.63) is 48.5 Å². The molecule has 0 spiro atoms. The number of benzene rings is 1. The SMILES string of the molecule is NS(=O)(=O)c1ccc(-n2nc(CC3CCCC3)nc2-c2ccco2)cc1. The van der Waals surface area contributed by atoms with Gasteiger partial charge in [0, 0.05) is 6.42 Å². The number of hydrogen-bond donors (Lipinski definition) is 1. The lowest BCUT2D eigenvalue weighted by Gasteiger charge is -2.05. The molecule has 26 heavy (non-hydrogen) atoms. The number of nitrogens with zero attached hydrogens (tertiary/aromatic N) is 3. The second-order valence-corrected chi connectivity index (χ2v) is 8.20.